The van der Waals surface area contributed by atoms with Gasteiger partial charge in [-0.05, 0) is 32.1 Å². The molecule has 1 aliphatic rings. The van der Waals surface area contributed by atoms with E-state index < -0.39 is 13.9 Å². The van der Waals surface area contributed by atoms with Crippen molar-refractivity contribution in [3.05, 3.63) is 12.2 Å². The van der Waals surface area contributed by atoms with Gasteiger partial charge in [-0.1, -0.05) is 70.4 Å². The van der Waals surface area contributed by atoms with E-state index in [0.717, 1.165) is 25.7 Å². The van der Waals surface area contributed by atoms with E-state index >= 15 is 0 Å². The normalized spacial score (nSPS) is 22.1. The lowest BCUT2D eigenvalue weighted by molar-refractivity contribution is -0.146. The average molecular weight is 419 g/mol. The smallest absolute Gasteiger partial charge is 0.463 e. The quantitative estimate of drug-likeness (QED) is 0.133. The number of carbonyl (C=O) groups is 1. The summed E-state index contributed by atoms with van der Waals surface area (Å²) in [5.74, 6) is -0.291. The number of phosphoric ester groups is 1. The molecule has 1 aliphatic heterocycles. The Bertz CT molecular complexity index is 480. The van der Waals surface area contributed by atoms with Gasteiger partial charge in [0, 0.05) is 6.42 Å². The molecule has 0 aromatic rings. The van der Waals surface area contributed by atoms with Crippen LogP contribution in [0.3, 0.4) is 0 Å². The maximum Gasteiger partial charge on any atom is 0.472 e. The van der Waals surface area contributed by atoms with Crippen LogP contribution in [0.1, 0.15) is 96.8 Å². The van der Waals surface area contributed by atoms with Crippen molar-refractivity contribution in [2.24, 2.45) is 0 Å². The molecule has 1 N–H and O–H groups in total. The van der Waals surface area contributed by atoms with Gasteiger partial charge in [0.25, 0.3) is 0 Å². The van der Waals surface area contributed by atoms with Crippen LogP contribution in [0.2, 0.25) is 0 Å². The van der Waals surface area contributed by atoms with Gasteiger partial charge in [0.05, 0.1) is 6.61 Å². The van der Waals surface area contributed by atoms with E-state index in [0.29, 0.717) is 6.42 Å². The van der Waals surface area contributed by atoms with Gasteiger partial charge in [0.15, 0.2) is 0 Å². The summed E-state index contributed by atoms with van der Waals surface area (Å²) in [6.45, 7) is 2.20. The van der Waals surface area contributed by atoms with Crippen molar-refractivity contribution in [3.8, 4) is 0 Å². The second-order valence-electron chi connectivity index (χ2n) is 7.51. The van der Waals surface area contributed by atoms with Crippen LogP contribution in [0.5, 0.6) is 0 Å². The highest BCUT2D eigenvalue weighted by Crippen LogP contribution is 2.49. The molecule has 0 saturated carbocycles. The van der Waals surface area contributed by atoms with Gasteiger partial charge in [-0.3, -0.25) is 13.8 Å². The Labute approximate surface area is 170 Å². The van der Waals surface area contributed by atoms with Gasteiger partial charge >= 0.3 is 13.8 Å². The molecule has 6 nitrogen and oxygen atoms in total. The van der Waals surface area contributed by atoms with Crippen molar-refractivity contribution in [1.82, 2.24) is 0 Å². The van der Waals surface area contributed by atoms with Crippen LogP contribution in [-0.4, -0.2) is 30.2 Å². The van der Waals surface area contributed by atoms with E-state index in [9.17, 15) is 9.36 Å². The maximum absolute atomic E-state index is 11.6. The second-order valence-corrected chi connectivity index (χ2v) is 8.92. The molecule has 0 aromatic heterocycles. The molecule has 0 radical (unpaired) electrons. The Morgan fingerprint density at radius 3 is 2.14 bits per heavy atom. The number of phosphoric acid groups is 1. The molecule has 0 spiro atoms. The first kappa shape index (κ1) is 25.4. The largest absolute Gasteiger partial charge is 0.472 e. The van der Waals surface area contributed by atoms with Crippen molar-refractivity contribution >= 4 is 13.8 Å². The molecule has 1 rings (SSSR count). The lowest BCUT2D eigenvalue weighted by Crippen LogP contribution is -2.20. The minimum atomic E-state index is -3.91. The first-order chi connectivity index (χ1) is 13.5. The highest BCUT2D eigenvalue weighted by molar-refractivity contribution is 7.47. The number of rotatable bonds is 17. The van der Waals surface area contributed by atoms with E-state index in [4.69, 9.17) is 14.2 Å². The van der Waals surface area contributed by atoms with Gasteiger partial charge in [-0.2, -0.15) is 0 Å². The predicted molar refractivity (Wildman–Crippen MR) is 111 cm³/mol. The fraction of sp³-hybridized carbons (Fsp3) is 0.857. The zero-order chi connectivity index (χ0) is 20.5. The van der Waals surface area contributed by atoms with Crippen LogP contribution in [0.15, 0.2) is 12.2 Å². The van der Waals surface area contributed by atoms with Crippen molar-refractivity contribution in [3.63, 3.8) is 0 Å². The summed E-state index contributed by atoms with van der Waals surface area (Å²) < 4.78 is 25.4. The van der Waals surface area contributed by atoms with Crippen molar-refractivity contribution in [2.75, 3.05) is 13.2 Å². The topological polar surface area (TPSA) is 82.1 Å². The molecule has 1 fully saturated rings. The van der Waals surface area contributed by atoms with E-state index in [1.54, 1.807) is 0 Å². The lowest BCUT2D eigenvalue weighted by Gasteiger charge is -2.08. The third kappa shape index (κ3) is 14.3. The molecule has 7 heteroatoms. The van der Waals surface area contributed by atoms with Crippen LogP contribution in [-0.2, 0) is 23.1 Å². The van der Waals surface area contributed by atoms with Crippen LogP contribution in [0, 0.1) is 0 Å². The highest BCUT2D eigenvalue weighted by atomic mass is 31.2. The number of hydrogen-bond acceptors (Lipinski definition) is 5. The predicted octanol–water partition coefficient (Wildman–Crippen LogP) is 6.08. The van der Waals surface area contributed by atoms with Crippen molar-refractivity contribution in [2.45, 2.75) is 103 Å². The van der Waals surface area contributed by atoms with Crippen LogP contribution < -0.4 is 0 Å². The molecule has 0 amide bonds. The Morgan fingerprint density at radius 2 is 1.57 bits per heavy atom. The molecule has 28 heavy (non-hydrogen) atoms. The molecule has 1 heterocycles. The third-order valence-electron chi connectivity index (χ3n) is 4.78. The van der Waals surface area contributed by atoms with Gasteiger partial charge in [0.1, 0.15) is 12.7 Å². The minimum absolute atomic E-state index is 0.0194. The summed E-state index contributed by atoms with van der Waals surface area (Å²) in [5, 5.41) is 0. The number of carbonyl (C=O) groups excluding carboxylic acids is 1. The Kier molecular flexibility index (Phi) is 14.6. The van der Waals surface area contributed by atoms with Gasteiger partial charge < -0.3 is 9.63 Å². The van der Waals surface area contributed by atoms with E-state index in [1.807, 2.05) is 0 Å². The summed E-state index contributed by atoms with van der Waals surface area (Å²) in [6, 6.07) is 0. The number of hydrogen-bond donors (Lipinski definition) is 1. The Hall–Kier alpha value is -0.680. The van der Waals surface area contributed by atoms with Gasteiger partial charge in [-0.25, -0.2) is 4.57 Å². The summed E-state index contributed by atoms with van der Waals surface area (Å²) in [4.78, 5) is 20.7. The zero-order valence-corrected chi connectivity index (χ0v) is 18.4. The van der Waals surface area contributed by atoms with Crippen LogP contribution in [0.25, 0.3) is 0 Å². The highest BCUT2D eigenvalue weighted by Gasteiger charge is 2.35. The summed E-state index contributed by atoms with van der Waals surface area (Å²) in [5.41, 5.74) is 0. The molecule has 1 saturated heterocycles. The first-order valence-electron chi connectivity index (χ1n) is 11.0. The van der Waals surface area contributed by atoms with E-state index in [-0.39, 0.29) is 19.2 Å². The molecule has 164 valence electrons. The fourth-order valence-corrected chi connectivity index (χ4v) is 4.02. The maximum atomic E-state index is 11.6. The number of allylic oxidation sites excluding steroid dienone is 2. The monoisotopic (exact) mass is 418 g/mol. The summed E-state index contributed by atoms with van der Waals surface area (Å²) in [7, 11) is -3.91. The first-order valence-corrected chi connectivity index (χ1v) is 12.5. The minimum Gasteiger partial charge on any atom is -0.463 e. The fourth-order valence-electron chi connectivity index (χ4n) is 3.10. The number of unbranched alkanes of at least 4 members (excludes halogenated alkanes) is 11. The molecule has 2 atom stereocenters. The molecule has 0 bridgehead atoms. The van der Waals surface area contributed by atoms with Crippen molar-refractivity contribution in [1.29, 1.82) is 0 Å². The molecule has 2 unspecified atom stereocenters. The molecule has 0 aliphatic carbocycles. The van der Waals surface area contributed by atoms with Crippen LogP contribution in [0.4, 0.5) is 0 Å². The SMILES string of the molecule is CCCCCCCC/C=C/CCCCCCCC(=O)OCC1COP(=O)(O)O1. The number of ether oxygens (including phenoxy) is 1. The van der Waals surface area contributed by atoms with Crippen molar-refractivity contribution < 1.29 is 28.0 Å². The molecular formula is C21H39O6P. The van der Waals surface area contributed by atoms with E-state index in [2.05, 4.69) is 23.6 Å². The van der Waals surface area contributed by atoms with Gasteiger partial charge in [0.2, 0.25) is 0 Å². The average Bonchev–Trinajstić information content (AvgIpc) is 3.02. The number of esters is 1. The second kappa shape index (κ2) is 16.2. The molecular weight excluding hydrogens is 379 g/mol. The standard InChI is InChI=1S/C21H39O6P/c1-2-3-4-5-6-7-8-9-10-11-12-13-14-15-16-17-21(22)25-18-20-19-26-28(23,24)27-20/h9-10,20H,2-8,11-19H2,1H3,(H,23,24)/b10-9+. The van der Waals surface area contributed by atoms with Gasteiger partial charge in [-0.15, -0.1) is 0 Å². The molecule has 0 aromatic carbocycles. The van der Waals surface area contributed by atoms with E-state index in [1.165, 1.54) is 57.8 Å². The lowest BCUT2D eigenvalue weighted by atomic mass is 10.1. The van der Waals surface area contributed by atoms with Crippen LogP contribution >= 0.6 is 7.82 Å². The Balaban J connectivity index is 1.81. The third-order valence-corrected chi connectivity index (χ3v) is 5.82. The summed E-state index contributed by atoms with van der Waals surface area (Å²) >= 11 is 0. The zero-order valence-electron chi connectivity index (χ0n) is 17.5. The summed E-state index contributed by atoms with van der Waals surface area (Å²) in [6.07, 6.45) is 20.2. The Morgan fingerprint density at radius 1 is 1.00 bits per heavy atom.